The van der Waals surface area contributed by atoms with E-state index in [-0.39, 0.29) is 30.8 Å². The predicted molar refractivity (Wildman–Crippen MR) is 117 cm³/mol. The molecule has 2 aromatic rings. The highest BCUT2D eigenvalue weighted by Gasteiger charge is 2.32. The van der Waals surface area contributed by atoms with E-state index >= 15 is 0 Å². The van der Waals surface area contributed by atoms with Gasteiger partial charge in [-0.15, -0.1) is 0 Å². The molecular formula is C23H25F3N4O2. The van der Waals surface area contributed by atoms with E-state index in [1.165, 1.54) is 12.1 Å². The van der Waals surface area contributed by atoms with Crippen molar-refractivity contribution in [3.8, 4) is 0 Å². The van der Waals surface area contributed by atoms with Crippen molar-refractivity contribution in [1.82, 2.24) is 4.90 Å². The number of carbonyl (C=O) groups excluding carboxylic acids is 2. The number of nitrogens with zero attached hydrogens (tertiary/aromatic N) is 3. The molecule has 1 unspecified atom stereocenters. The molecule has 4 rings (SSSR count). The quantitative estimate of drug-likeness (QED) is 0.783. The Balaban J connectivity index is 1.41. The molecule has 2 heterocycles. The number of anilines is 3. The highest BCUT2D eigenvalue weighted by Crippen LogP contribution is 2.33. The number of piperazine rings is 1. The lowest BCUT2D eigenvalue weighted by atomic mass is 10.1. The summed E-state index contributed by atoms with van der Waals surface area (Å²) in [6, 6.07) is 12.3. The molecule has 1 fully saturated rings. The van der Waals surface area contributed by atoms with Crippen molar-refractivity contribution in [3.63, 3.8) is 0 Å². The lowest BCUT2D eigenvalue weighted by Gasteiger charge is -2.37. The van der Waals surface area contributed by atoms with Crippen LogP contribution >= 0.6 is 0 Å². The molecule has 0 bridgehead atoms. The van der Waals surface area contributed by atoms with Gasteiger partial charge >= 0.3 is 6.18 Å². The van der Waals surface area contributed by atoms with Crippen molar-refractivity contribution >= 4 is 28.9 Å². The molecule has 32 heavy (non-hydrogen) atoms. The fraction of sp³-hybridized carbons (Fsp3) is 0.391. The molecular weight excluding hydrogens is 421 g/mol. The molecule has 2 aromatic carbocycles. The molecule has 1 atom stereocenters. The van der Waals surface area contributed by atoms with E-state index in [1.54, 1.807) is 17.0 Å². The molecule has 2 aliphatic heterocycles. The molecule has 0 radical (unpaired) electrons. The molecule has 1 N–H and O–H groups in total. The van der Waals surface area contributed by atoms with Crippen molar-refractivity contribution in [2.45, 2.75) is 25.6 Å². The van der Waals surface area contributed by atoms with Crippen LogP contribution < -0.4 is 15.1 Å². The zero-order chi connectivity index (χ0) is 22.9. The van der Waals surface area contributed by atoms with E-state index in [1.807, 2.05) is 34.9 Å². The lowest BCUT2D eigenvalue weighted by molar-refractivity contribution is -0.137. The van der Waals surface area contributed by atoms with Gasteiger partial charge in [-0.05, 0) is 37.3 Å². The van der Waals surface area contributed by atoms with Crippen LogP contribution in [-0.2, 0) is 15.8 Å². The maximum absolute atomic E-state index is 13.2. The number of alkyl halides is 3. The number of hydrogen-bond acceptors (Lipinski definition) is 4. The second-order valence-electron chi connectivity index (χ2n) is 8.19. The van der Waals surface area contributed by atoms with Crippen LogP contribution in [-0.4, -0.2) is 55.5 Å². The summed E-state index contributed by atoms with van der Waals surface area (Å²) in [5.41, 5.74) is 1.16. The fourth-order valence-electron chi connectivity index (χ4n) is 4.28. The van der Waals surface area contributed by atoms with Gasteiger partial charge in [-0.3, -0.25) is 14.5 Å². The van der Waals surface area contributed by atoms with Gasteiger partial charge < -0.3 is 15.1 Å². The topological polar surface area (TPSA) is 55.9 Å². The Kier molecular flexibility index (Phi) is 6.10. The summed E-state index contributed by atoms with van der Waals surface area (Å²) < 4.78 is 39.0. The summed E-state index contributed by atoms with van der Waals surface area (Å²) in [4.78, 5) is 30.9. The minimum Gasteiger partial charge on any atom is -0.369 e. The first-order chi connectivity index (χ1) is 15.2. The minimum absolute atomic E-state index is 0.103. The van der Waals surface area contributed by atoms with Gasteiger partial charge in [0, 0.05) is 44.3 Å². The number of fused-ring (bicyclic) bond motifs is 1. The zero-order valence-electron chi connectivity index (χ0n) is 17.7. The minimum atomic E-state index is -4.37. The van der Waals surface area contributed by atoms with Crippen LogP contribution in [0.4, 0.5) is 30.2 Å². The van der Waals surface area contributed by atoms with Gasteiger partial charge in [0.1, 0.15) is 0 Å². The van der Waals surface area contributed by atoms with Crippen molar-refractivity contribution in [2.75, 3.05) is 47.8 Å². The van der Waals surface area contributed by atoms with Gasteiger partial charge in [-0.2, -0.15) is 13.2 Å². The Hall–Kier alpha value is -3.07. The molecule has 170 valence electrons. The Morgan fingerprint density at radius 2 is 1.78 bits per heavy atom. The van der Waals surface area contributed by atoms with Crippen LogP contribution in [0.5, 0.6) is 0 Å². The van der Waals surface area contributed by atoms with E-state index < -0.39 is 11.7 Å². The molecule has 0 spiro atoms. The Labute approximate surface area is 184 Å². The van der Waals surface area contributed by atoms with Gasteiger partial charge in [0.2, 0.25) is 11.8 Å². The fourth-order valence-corrected chi connectivity index (χ4v) is 4.28. The number of rotatable bonds is 3. The Morgan fingerprint density at radius 1 is 1.06 bits per heavy atom. The normalized spacial score (nSPS) is 19.9. The Bertz CT molecular complexity index is 1000. The average molecular weight is 446 g/mol. The predicted octanol–water partition coefficient (Wildman–Crippen LogP) is 3.59. The van der Waals surface area contributed by atoms with Crippen LogP contribution in [0.25, 0.3) is 0 Å². The largest absolute Gasteiger partial charge is 0.416 e. The second kappa shape index (κ2) is 8.82. The number of carbonyl (C=O) groups is 2. The Morgan fingerprint density at radius 3 is 2.50 bits per heavy atom. The van der Waals surface area contributed by atoms with Gasteiger partial charge in [-0.25, -0.2) is 0 Å². The van der Waals surface area contributed by atoms with E-state index in [2.05, 4.69) is 5.32 Å². The van der Waals surface area contributed by atoms with Crippen LogP contribution in [0.15, 0.2) is 48.5 Å². The number of hydrogen-bond donors (Lipinski definition) is 1. The molecule has 0 saturated carbocycles. The van der Waals surface area contributed by atoms with Crippen LogP contribution in [0, 0.1) is 0 Å². The second-order valence-corrected chi connectivity index (χ2v) is 8.19. The maximum Gasteiger partial charge on any atom is 0.416 e. The average Bonchev–Trinajstić information content (AvgIpc) is 2.88. The number of benzene rings is 2. The first kappa shape index (κ1) is 22.1. The first-order valence-corrected chi connectivity index (χ1v) is 10.6. The monoisotopic (exact) mass is 446 g/mol. The number of amides is 2. The third-order valence-corrected chi connectivity index (χ3v) is 5.90. The molecule has 0 aromatic heterocycles. The van der Waals surface area contributed by atoms with E-state index in [0.717, 1.165) is 6.07 Å². The summed E-state index contributed by atoms with van der Waals surface area (Å²) in [5, 5.41) is 2.85. The van der Waals surface area contributed by atoms with Gasteiger partial charge in [0.15, 0.2) is 0 Å². The van der Waals surface area contributed by atoms with Crippen LogP contribution in [0.2, 0.25) is 0 Å². The number of halogens is 3. The standard InChI is InChI=1S/C23H25F3N4O2/c1-16-13-21(31)27-19-7-2-3-8-20(19)30(16)22(32)15-28-9-11-29(12-10-28)18-6-4-5-17(14-18)23(24,25)26/h2-8,14,16H,9-13,15H2,1H3,(H,27,31). The van der Waals surface area contributed by atoms with Crippen molar-refractivity contribution < 1.29 is 22.8 Å². The van der Waals surface area contributed by atoms with Crippen LogP contribution in [0.3, 0.4) is 0 Å². The highest BCUT2D eigenvalue weighted by atomic mass is 19.4. The molecule has 0 aliphatic carbocycles. The summed E-state index contributed by atoms with van der Waals surface area (Å²) in [6.45, 7) is 4.21. The molecule has 9 heteroatoms. The number of nitrogens with one attached hydrogen (secondary N) is 1. The van der Waals surface area contributed by atoms with Gasteiger partial charge in [0.05, 0.1) is 23.5 Å². The van der Waals surface area contributed by atoms with Crippen LogP contribution in [0.1, 0.15) is 18.9 Å². The molecule has 1 saturated heterocycles. The molecule has 2 amide bonds. The SMILES string of the molecule is CC1CC(=O)Nc2ccccc2N1C(=O)CN1CCN(c2cccc(C(F)(F)F)c2)CC1. The number of para-hydroxylation sites is 2. The van der Waals surface area contributed by atoms with Crippen molar-refractivity contribution in [3.05, 3.63) is 54.1 Å². The molecule has 6 nitrogen and oxygen atoms in total. The lowest BCUT2D eigenvalue weighted by Crippen LogP contribution is -2.51. The van der Waals surface area contributed by atoms with Crippen molar-refractivity contribution in [2.24, 2.45) is 0 Å². The van der Waals surface area contributed by atoms with Gasteiger partial charge in [-0.1, -0.05) is 18.2 Å². The highest BCUT2D eigenvalue weighted by molar-refractivity contribution is 6.04. The van der Waals surface area contributed by atoms with E-state index in [4.69, 9.17) is 0 Å². The zero-order valence-corrected chi connectivity index (χ0v) is 17.7. The smallest absolute Gasteiger partial charge is 0.369 e. The van der Waals surface area contributed by atoms with Crippen molar-refractivity contribution in [1.29, 1.82) is 0 Å². The summed E-state index contributed by atoms with van der Waals surface area (Å²) >= 11 is 0. The maximum atomic E-state index is 13.2. The first-order valence-electron chi connectivity index (χ1n) is 10.6. The van der Waals surface area contributed by atoms with Gasteiger partial charge in [0.25, 0.3) is 0 Å². The summed E-state index contributed by atoms with van der Waals surface area (Å²) in [7, 11) is 0. The third kappa shape index (κ3) is 4.72. The van der Waals surface area contributed by atoms with E-state index in [9.17, 15) is 22.8 Å². The van der Waals surface area contributed by atoms with E-state index in [0.29, 0.717) is 43.2 Å². The summed E-state index contributed by atoms with van der Waals surface area (Å²) in [6.07, 6.45) is -4.16. The molecule has 2 aliphatic rings. The summed E-state index contributed by atoms with van der Waals surface area (Å²) in [5.74, 6) is -0.232. The third-order valence-electron chi connectivity index (χ3n) is 5.90.